The van der Waals surface area contributed by atoms with Gasteiger partial charge in [-0.3, -0.25) is 9.59 Å². The van der Waals surface area contributed by atoms with E-state index in [0.717, 1.165) is 41.5 Å². The zero-order chi connectivity index (χ0) is 32.4. The molecule has 0 radical (unpaired) electrons. The van der Waals surface area contributed by atoms with Crippen molar-refractivity contribution in [2.24, 2.45) is 10.6 Å². The summed E-state index contributed by atoms with van der Waals surface area (Å²) >= 11 is 0. The maximum atomic E-state index is 13.7. The lowest BCUT2D eigenvalue weighted by atomic mass is 9.69. The lowest BCUT2D eigenvalue weighted by molar-refractivity contribution is -0.153. The number of hydrogen-bond donors (Lipinski definition) is 0. The Hall–Kier alpha value is -4.75. The monoisotopic (exact) mass is 619 g/mol. The third kappa shape index (κ3) is 8.49. The fourth-order valence-corrected chi connectivity index (χ4v) is 5.39. The van der Waals surface area contributed by atoms with Crippen molar-refractivity contribution in [1.82, 2.24) is 0 Å². The minimum absolute atomic E-state index is 0.280. The summed E-state index contributed by atoms with van der Waals surface area (Å²) < 4.78 is 17.5. The molecular weight excluding hydrogens is 578 g/mol. The molecule has 0 aliphatic heterocycles. The van der Waals surface area contributed by atoms with Crippen LogP contribution in [0, 0.1) is 5.41 Å². The quantitative estimate of drug-likeness (QED) is 0.0549. The normalized spacial score (nSPS) is 15.2. The summed E-state index contributed by atoms with van der Waals surface area (Å²) in [7, 11) is 0. The van der Waals surface area contributed by atoms with Crippen molar-refractivity contribution in [3.05, 3.63) is 131 Å². The third-order valence-corrected chi connectivity index (χ3v) is 8.09. The van der Waals surface area contributed by atoms with Gasteiger partial charge in [0.2, 0.25) is 0 Å². The second kappa shape index (κ2) is 15.0. The predicted molar refractivity (Wildman–Crippen MR) is 177 cm³/mol. The minimum atomic E-state index is -0.759. The van der Waals surface area contributed by atoms with Crippen LogP contribution in [-0.4, -0.2) is 18.2 Å². The van der Waals surface area contributed by atoms with Crippen LogP contribution in [0.4, 0.5) is 0 Å². The molecule has 7 heteroatoms. The molecule has 4 aromatic carbocycles. The Morgan fingerprint density at radius 2 is 1.35 bits per heavy atom. The van der Waals surface area contributed by atoms with Gasteiger partial charge in [-0.1, -0.05) is 97.2 Å². The molecule has 0 heterocycles. The van der Waals surface area contributed by atoms with Crippen molar-refractivity contribution in [2.75, 3.05) is 0 Å². The number of benzene rings is 4. The molecule has 0 bridgehead atoms. The van der Waals surface area contributed by atoms with Crippen LogP contribution in [0.1, 0.15) is 81.4 Å². The Morgan fingerprint density at radius 1 is 0.761 bits per heavy atom. The van der Waals surface area contributed by atoms with Gasteiger partial charge < -0.3 is 19.0 Å². The summed E-state index contributed by atoms with van der Waals surface area (Å²) in [6.07, 6.45) is 5.27. The standard InChI is InChI=1S/C39H41NO6/c1-38(2,3)36(41)44-34-23-19-32(20-24-34)39(25-11-6-12-26-39)37(42)45-33-21-17-29(18-22-33)27-40-46-35(31-15-9-5-10-16-31)43-28-30-13-7-4-8-14-30/h4-5,7-10,13-24,27,35H,6,11-12,25-26,28H2,1-3H3. The average molecular weight is 620 g/mol. The smallest absolute Gasteiger partial charge is 0.321 e. The van der Waals surface area contributed by atoms with E-state index in [4.69, 9.17) is 19.0 Å². The molecule has 238 valence electrons. The van der Waals surface area contributed by atoms with E-state index in [0.29, 0.717) is 30.9 Å². The molecule has 0 saturated heterocycles. The number of carbonyl (C=O) groups is 2. The van der Waals surface area contributed by atoms with Gasteiger partial charge in [-0.05, 0) is 86.7 Å². The molecule has 0 N–H and O–H groups in total. The fourth-order valence-electron chi connectivity index (χ4n) is 5.39. The van der Waals surface area contributed by atoms with Crippen LogP contribution in [0.2, 0.25) is 0 Å². The summed E-state index contributed by atoms with van der Waals surface area (Å²) in [4.78, 5) is 31.8. The molecule has 1 aliphatic carbocycles. The zero-order valence-electron chi connectivity index (χ0n) is 26.7. The van der Waals surface area contributed by atoms with E-state index in [-0.39, 0.29) is 11.9 Å². The van der Waals surface area contributed by atoms with Gasteiger partial charge in [-0.2, -0.15) is 0 Å². The lowest BCUT2D eigenvalue weighted by Crippen LogP contribution is -2.41. The molecule has 1 aliphatic rings. The van der Waals surface area contributed by atoms with Gasteiger partial charge in [-0.25, -0.2) is 0 Å². The first-order valence-corrected chi connectivity index (χ1v) is 15.8. The molecule has 1 fully saturated rings. The van der Waals surface area contributed by atoms with Gasteiger partial charge >= 0.3 is 11.9 Å². The first kappa shape index (κ1) is 32.6. The van der Waals surface area contributed by atoms with Gasteiger partial charge in [0.25, 0.3) is 6.29 Å². The van der Waals surface area contributed by atoms with Crippen molar-refractivity contribution >= 4 is 18.2 Å². The number of esters is 2. The number of oxime groups is 1. The molecular formula is C39H41NO6. The molecule has 0 aromatic heterocycles. The van der Waals surface area contributed by atoms with Crippen LogP contribution in [0.3, 0.4) is 0 Å². The van der Waals surface area contributed by atoms with Gasteiger partial charge in [-0.15, -0.1) is 0 Å². The van der Waals surface area contributed by atoms with Crippen LogP contribution >= 0.6 is 0 Å². The van der Waals surface area contributed by atoms with E-state index in [1.165, 1.54) is 0 Å². The Bertz CT molecular complexity index is 1590. The number of ether oxygens (including phenoxy) is 3. The van der Waals surface area contributed by atoms with Crippen LogP contribution in [0.15, 0.2) is 114 Å². The maximum absolute atomic E-state index is 13.7. The summed E-state index contributed by atoms with van der Waals surface area (Å²) in [6.45, 7) is 5.82. The molecule has 1 atom stereocenters. The topological polar surface area (TPSA) is 83.4 Å². The average Bonchev–Trinajstić information content (AvgIpc) is 3.08. The van der Waals surface area contributed by atoms with E-state index >= 15 is 0 Å². The highest BCUT2D eigenvalue weighted by molar-refractivity contribution is 5.86. The predicted octanol–water partition coefficient (Wildman–Crippen LogP) is 8.71. The van der Waals surface area contributed by atoms with Crippen molar-refractivity contribution < 1.29 is 28.6 Å². The first-order chi connectivity index (χ1) is 22.2. The highest BCUT2D eigenvalue weighted by atomic mass is 16.8. The second-order valence-corrected chi connectivity index (χ2v) is 12.6. The Balaban J connectivity index is 1.23. The molecule has 7 nitrogen and oxygen atoms in total. The van der Waals surface area contributed by atoms with Crippen molar-refractivity contribution in [3.8, 4) is 11.5 Å². The van der Waals surface area contributed by atoms with Gasteiger partial charge in [0.05, 0.1) is 23.7 Å². The summed E-state index contributed by atoms with van der Waals surface area (Å²) in [5, 5.41) is 4.19. The van der Waals surface area contributed by atoms with Crippen molar-refractivity contribution in [3.63, 3.8) is 0 Å². The highest BCUT2D eigenvalue weighted by Gasteiger charge is 2.43. The number of hydrogen-bond acceptors (Lipinski definition) is 7. The number of rotatable bonds is 11. The maximum Gasteiger partial charge on any atom is 0.321 e. The van der Waals surface area contributed by atoms with E-state index in [1.54, 1.807) is 30.5 Å². The van der Waals surface area contributed by atoms with Crippen LogP contribution < -0.4 is 9.47 Å². The molecule has 0 amide bonds. The highest BCUT2D eigenvalue weighted by Crippen LogP contribution is 2.41. The van der Waals surface area contributed by atoms with E-state index < -0.39 is 17.1 Å². The lowest BCUT2D eigenvalue weighted by Gasteiger charge is -2.35. The molecule has 4 aromatic rings. The number of nitrogens with zero attached hydrogens (tertiary/aromatic N) is 1. The van der Waals surface area contributed by atoms with Gasteiger partial charge in [0, 0.05) is 5.56 Å². The van der Waals surface area contributed by atoms with Crippen LogP contribution in [0.5, 0.6) is 11.5 Å². The molecule has 1 saturated carbocycles. The first-order valence-electron chi connectivity index (χ1n) is 15.8. The van der Waals surface area contributed by atoms with E-state index in [9.17, 15) is 9.59 Å². The van der Waals surface area contributed by atoms with Crippen molar-refractivity contribution in [2.45, 2.75) is 71.2 Å². The van der Waals surface area contributed by atoms with Crippen LogP contribution in [0.25, 0.3) is 0 Å². The Labute approximate surface area is 271 Å². The van der Waals surface area contributed by atoms with Crippen LogP contribution in [-0.2, 0) is 31.2 Å². The minimum Gasteiger partial charge on any atom is -0.426 e. The van der Waals surface area contributed by atoms with Crippen molar-refractivity contribution in [1.29, 1.82) is 0 Å². The summed E-state index contributed by atoms with van der Waals surface area (Å²) in [5.41, 5.74) is 2.18. The molecule has 0 spiro atoms. The van der Waals surface area contributed by atoms with E-state index in [2.05, 4.69) is 5.16 Å². The zero-order valence-corrected chi connectivity index (χ0v) is 26.7. The SMILES string of the molecule is CC(C)(C)C(=O)Oc1ccc(C2(C(=O)Oc3ccc(C=NOC(OCc4ccccc4)c4ccccc4)cc3)CCCCC2)cc1. The molecule has 5 rings (SSSR count). The third-order valence-electron chi connectivity index (χ3n) is 8.09. The van der Waals surface area contributed by atoms with Gasteiger partial charge in [0.1, 0.15) is 11.5 Å². The largest absolute Gasteiger partial charge is 0.426 e. The molecule has 1 unspecified atom stereocenters. The second-order valence-electron chi connectivity index (χ2n) is 12.6. The molecule has 46 heavy (non-hydrogen) atoms. The van der Waals surface area contributed by atoms with Gasteiger partial charge in [0.15, 0.2) is 0 Å². The summed E-state index contributed by atoms with van der Waals surface area (Å²) in [6, 6.07) is 34.0. The number of carbonyl (C=O) groups excluding carboxylic acids is 2. The Morgan fingerprint density at radius 3 is 1.98 bits per heavy atom. The fraction of sp³-hybridized carbons (Fsp3) is 0.308. The summed E-state index contributed by atoms with van der Waals surface area (Å²) in [5.74, 6) is 0.330. The van der Waals surface area contributed by atoms with E-state index in [1.807, 2.05) is 106 Å². The Kier molecular flexibility index (Phi) is 10.7.